The number of urea groups is 1. The van der Waals surface area contributed by atoms with E-state index in [0.29, 0.717) is 63.5 Å². The minimum Gasteiger partial charge on any atom is -0.462 e. The number of carbonyl (C=O) groups is 8. The molecule has 2 aromatic carbocycles. The predicted octanol–water partition coefficient (Wildman–Crippen LogP) is 10.3. The maximum absolute atomic E-state index is 14.4. The molecule has 82 heavy (non-hydrogen) atoms. The molecule has 3 aliphatic rings. The number of alkyl halides is 2. The number of ketones is 3. The number of aryl methyl sites for hydroxylation is 1. The molecule has 2 fully saturated rings. The number of nitrogens with one attached hydrogen (secondary N) is 3. The summed E-state index contributed by atoms with van der Waals surface area (Å²) in [6.07, 6.45) is 4.85. The van der Waals surface area contributed by atoms with E-state index in [1.165, 1.54) is 12.0 Å². The number of fused-ring (bicyclic) bond motifs is 5. The van der Waals surface area contributed by atoms with Crippen LogP contribution in [0.25, 0.3) is 0 Å². The average Bonchev–Trinajstić information content (AvgIpc) is 3.51. The number of carbonyl (C=O) groups excluding carboxylic acids is 8. The number of esters is 1. The maximum atomic E-state index is 14.4. The number of benzene rings is 2. The van der Waals surface area contributed by atoms with Gasteiger partial charge in [0.25, 0.3) is 0 Å². The molecule has 2 aromatic rings. The second-order valence-electron chi connectivity index (χ2n) is 22.7. The number of amides is 5. The molecule has 0 unspecified atom stereocenters. The first-order chi connectivity index (χ1) is 38.7. The summed E-state index contributed by atoms with van der Waals surface area (Å²) in [5.41, 5.74) is 6.23. The largest absolute Gasteiger partial charge is 0.462 e. The van der Waals surface area contributed by atoms with Crippen LogP contribution in [0.1, 0.15) is 128 Å². The highest BCUT2D eigenvalue weighted by atomic mass is 79.9. The van der Waals surface area contributed by atoms with E-state index in [4.69, 9.17) is 36.3 Å². The summed E-state index contributed by atoms with van der Waals surface area (Å²) in [5, 5.41) is 21.8. The Morgan fingerprint density at radius 1 is 0.988 bits per heavy atom. The lowest BCUT2D eigenvalue weighted by Crippen LogP contribution is -2.53. The van der Waals surface area contributed by atoms with Gasteiger partial charge in [0.2, 0.25) is 11.8 Å². The first kappa shape index (κ1) is 68.3. The summed E-state index contributed by atoms with van der Waals surface area (Å²) in [6.45, 7) is 11.2. The van der Waals surface area contributed by atoms with Crippen molar-refractivity contribution in [1.82, 2.24) is 10.6 Å². The van der Waals surface area contributed by atoms with Gasteiger partial charge in [-0.05, 0) is 110 Å². The van der Waals surface area contributed by atoms with Crippen molar-refractivity contribution in [2.75, 3.05) is 41.6 Å². The van der Waals surface area contributed by atoms with Crippen LogP contribution in [0.5, 0.6) is 0 Å². The maximum Gasteiger partial charge on any atom is 0.412 e. The van der Waals surface area contributed by atoms with Crippen molar-refractivity contribution in [2.24, 2.45) is 29.4 Å². The molecule has 0 radical (unpaired) electrons. The van der Waals surface area contributed by atoms with Crippen LogP contribution < -0.4 is 26.6 Å². The summed E-state index contributed by atoms with van der Waals surface area (Å²) in [7, 11) is 3.06. The van der Waals surface area contributed by atoms with Gasteiger partial charge in [0.05, 0.1) is 41.4 Å². The average molecular weight is 1360 g/mol. The van der Waals surface area contributed by atoms with Crippen molar-refractivity contribution in [2.45, 2.75) is 173 Å². The van der Waals surface area contributed by atoms with Gasteiger partial charge in [-0.2, -0.15) is 0 Å². The number of hydrogen-bond donors (Lipinski definition) is 5. The van der Waals surface area contributed by atoms with Crippen LogP contribution in [0, 0.1) is 30.6 Å². The van der Waals surface area contributed by atoms with Crippen molar-refractivity contribution in [3.8, 4) is 0 Å². The number of Topliss-reactive ketones (excluding diaryl/α,β-unsaturated/α-hetero) is 3. The van der Waals surface area contributed by atoms with Crippen LogP contribution in [-0.4, -0.2) is 125 Å². The third kappa shape index (κ3) is 19.3. The highest BCUT2D eigenvalue weighted by molar-refractivity contribution is 9.10. The van der Waals surface area contributed by atoms with E-state index >= 15 is 0 Å². The van der Waals surface area contributed by atoms with Crippen LogP contribution in [-0.2, 0) is 60.6 Å². The number of ether oxygens (including phenoxy) is 4. The molecule has 6 N–H and O–H groups in total. The minimum atomic E-state index is -1.62. The first-order valence-electron chi connectivity index (χ1n) is 28.0. The zero-order chi connectivity index (χ0) is 60.6. The van der Waals surface area contributed by atoms with Crippen molar-refractivity contribution in [3.05, 3.63) is 80.3 Å². The number of allylic oxidation sites excluding steroid dienone is 3. The molecule has 452 valence electrons. The molecule has 4 bridgehead atoms. The van der Waals surface area contributed by atoms with Gasteiger partial charge in [-0.1, -0.05) is 113 Å². The number of methoxy groups -OCH3 is 1. The molecule has 5 amide bonds. The number of nitrogens with zero attached hydrogens (tertiary/aromatic N) is 1. The van der Waals surface area contributed by atoms with Gasteiger partial charge in [-0.25, -0.2) is 9.59 Å². The van der Waals surface area contributed by atoms with Gasteiger partial charge >= 0.3 is 18.1 Å². The van der Waals surface area contributed by atoms with Crippen LogP contribution in [0.4, 0.5) is 21.0 Å². The monoisotopic (exact) mass is 1350 g/mol. The van der Waals surface area contributed by atoms with E-state index < -0.39 is 83.4 Å². The molecule has 0 spiro atoms. The second kappa shape index (κ2) is 31.6. The van der Waals surface area contributed by atoms with Gasteiger partial charge in [-0.15, -0.1) is 0 Å². The number of hydrogen-bond acceptors (Lipinski definition) is 13. The first-order valence-corrected chi connectivity index (χ1v) is 31.5. The number of halogens is 4. The van der Waals surface area contributed by atoms with Crippen molar-refractivity contribution in [1.29, 1.82) is 0 Å². The van der Waals surface area contributed by atoms with E-state index in [-0.39, 0.29) is 79.9 Å². The quantitative estimate of drug-likeness (QED) is 0.0268. The lowest BCUT2D eigenvalue weighted by Gasteiger charge is -2.41. The van der Waals surface area contributed by atoms with Gasteiger partial charge in [0.15, 0.2) is 5.78 Å². The van der Waals surface area contributed by atoms with Gasteiger partial charge < -0.3 is 45.3 Å². The number of rotatable bonds is 25. The minimum absolute atomic E-state index is 0.00577. The summed E-state index contributed by atoms with van der Waals surface area (Å²) >= 11 is 17.2. The van der Waals surface area contributed by atoms with Crippen molar-refractivity contribution >= 4 is 118 Å². The number of nitrogens with two attached hydrogens (primary N) is 1. The Labute approximate surface area is 512 Å². The highest BCUT2D eigenvalue weighted by Crippen LogP contribution is 2.50. The Hall–Kier alpha value is -4.51. The van der Waals surface area contributed by atoms with Crippen molar-refractivity contribution < 1.29 is 62.4 Å². The molecular weight excluding hydrogens is 1270 g/mol. The molecule has 22 heteroatoms. The fraction of sp³-hybridized carbons (Fsp3) is 0.600. The Kier molecular flexibility index (Phi) is 26.3. The molecule has 5 rings (SSSR count). The SMILES string of the molecule is CO[C@@H]1/C=C/C=C(\C)Cc2cc(C)c(Cl)c(c2)N(C)C(=O)C[C@H](OC(=O)Nc2ccc(CC(=O)[C@H](CCCNC(N)=O)NC(=O)[C@@H](CC(=O)CCCCCCC(=O)C(CBr)CBr)C(C)C)cc2Br)[C@]2(C)O[C@H]2[C@H](C)[C@@H]2C[C@@]1(O)CC(=O)O2. The van der Waals surface area contributed by atoms with E-state index in [2.05, 4.69) is 63.7 Å². The molecule has 9 atom stereocenters. The Morgan fingerprint density at radius 3 is 2.33 bits per heavy atom. The van der Waals surface area contributed by atoms with Gasteiger partial charge in [-0.3, -0.25) is 34.1 Å². The number of epoxide rings is 1. The molecule has 2 saturated heterocycles. The molecule has 3 heterocycles. The molecule has 0 aromatic heterocycles. The topological polar surface area (TPSA) is 262 Å². The summed E-state index contributed by atoms with van der Waals surface area (Å²) in [5.74, 6) is -3.20. The molecule has 0 saturated carbocycles. The molecule has 3 aliphatic heterocycles. The third-order valence-electron chi connectivity index (χ3n) is 15.8. The van der Waals surface area contributed by atoms with E-state index in [9.17, 15) is 43.5 Å². The van der Waals surface area contributed by atoms with Crippen LogP contribution in [0.15, 0.2) is 58.6 Å². The fourth-order valence-electron chi connectivity index (χ4n) is 10.7. The van der Waals surface area contributed by atoms with Gasteiger partial charge in [0.1, 0.15) is 41.1 Å². The molecular formula is C60H81Br3ClN5O13. The smallest absolute Gasteiger partial charge is 0.412 e. The summed E-state index contributed by atoms with van der Waals surface area (Å²) in [6, 6.07) is 6.93. The van der Waals surface area contributed by atoms with Crippen LogP contribution in [0.3, 0.4) is 0 Å². The van der Waals surface area contributed by atoms with E-state index in [1.54, 1.807) is 44.3 Å². The number of anilines is 2. The second-order valence-corrected chi connectivity index (χ2v) is 25.2. The lowest BCUT2D eigenvalue weighted by molar-refractivity contribution is -0.187. The van der Waals surface area contributed by atoms with Crippen LogP contribution in [0.2, 0.25) is 5.02 Å². The Morgan fingerprint density at radius 2 is 1.68 bits per heavy atom. The number of primary amides is 1. The molecule has 18 nitrogen and oxygen atoms in total. The standard InChI is InChI=1S/C60H81Br3ClN5O13/c1-34(2)42(28-41(70)16-11-9-10-12-18-47(71)40(32-61)33-62)56(75)67-45(17-14-22-66-57(65)76)48(72)27-38-20-21-44(43(63)25-38)68-58(77)81-51-29-52(73)69(7)46-26-39(24-36(4)54(46)64)23-35(3)15-13-19-50(79-8)60(78)30-49(80-53(74)31-60)37(5)55-59(51,6)82-55/h13,15,19-21,24-26,34,37,40,42,45,49-51,55,78H,9-12,14,16-18,22-23,27-33H2,1-8H3,(H,67,75)(H,68,77)(H3,65,66,76)/b19-13+,35-15+/t37-,42+,45+,49+,50-,51+,55+,59+,60-/m1/s1. The zero-order valence-corrected chi connectivity index (χ0v) is 53.7. The number of aliphatic hydroxyl groups is 1. The molecule has 0 aliphatic carbocycles. The number of unbranched alkanes of at least 4 members (excludes halogenated alkanes) is 3. The van der Waals surface area contributed by atoms with E-state index in [0.717, 1.165) is 36.0 Å². The zero-order valence-electron chi connectivity index (χ0n) is 48.2. The van der Waals surface area contributed by atoms with Gasteiger partial charge in [0, 0.05) is 85.7 Å². The fourth-order valence-corrected chi connectivity index (χ4v) is 13.3. The highest BCUT2D eigenvalue weighted by Gasteiger charge is 2.64. The van der Waals surface area contributed by atoms with E-state index in [1.807, 2.05) is 52.8 Å². The summed E-state index contributed by atoms with van der Waals surface area (Å²) in [4.78, 5) is 108. The predicted molar refractivity (Wildman–Crippen MR) is 325 cm³/mol. The lowest BCUT2D eigenvalue weighted by atomic mass is 9.78. The Balaban J connectivity index is 1.30. The normalized spacial score (nSPS) is 24.7. The van der Waals surface area contributed by atoms with Crippen LogP contribution >= 0.6 is 59.4 Å². The Bertz CT molecular complexity index is 2710. The third-order valence-corrected chi connectivity index (χ3v) is 18.5. The summed E-state index contributed by atoms with van der Waals surface area (Å²) < 4.78 is 24.5. The van der Waals surface area contributed by atoms with Crippen molar-refractivity contribution in [3.63, 3.8) is 0 Å².